The molecule has 1 heterocycles. The van der Waals surface area contributed by atoms with Crippen molar-refractivity contribution in [3.63, 3.8) is 0 Å². The SMILES string of the molecule is CC.Fc1ccc(C2OP(c3ccccc3)(c3ccccc3)(c3ccccc3)C3=CCCC=C32)cc1. The molecule has 1 nitrogen and oxygen atoms in total. The van der Waals surface area contributed by atoms with E-state index < -0.39 is 6.83 Å². The van der Waals surface area contributed by atoms with Crippen molar-refractivity contribution in [2.24, 2.45) is 0 Å². The minimum atomic E-state index is -3.56. The van der Waals surface area contributed by atoms with Crippen molar-refractivity contribution >= 4 is 22.7 Å². The van der Waals surface area contributed by atoms with E-state index in [9.17, 15) is 4.39 Å². The second kappa shape index (κ2) is 9.97. The third-order valence-electron chi connectivity index (χ3n) is 7.14. The molecule has 1 aliphatic carbocycles. The third kappa shape index (κ3) is 3.52. The Kier molecular flexibility index (Phi) is 6.75. The maximum atomic E-state index is 13.9. The fourth-order valence-corrected chi connectivity index (χ4v) is 12.0. The monoisotopic (exact) mass is 494 g/mol. The zero-order valence-corrected chi connectivity index (χ0v) is 21.7. The van der Waals surface area contributed by atoms with Crippen LogP contribution < -0.4 is 15.9 Å². The molecule has 0 saturated carbocycles. The topological polar surface area (TPSA) is 9.23 Å². The molecule has 1 saturated heterocycles. The average molecular weight is 495 g/mol. The van der Waals surface area contributed by atoms with Gasteiger partial charge in [-0.05, 0) is 0 Å². The van der Waals surface area contributed by atoms with Crippen LogP contribution in [0, 0.1) is 5.82 Å². The summed E-state index contributed by atoms with van der Waals surface area (Å²) in [6.07, 6.45) is 6.43. The predicted molar refractivity (Wildman–Crippen MR) is 152 cm³/mol. The van der Waals surface area contributed by atoms with Gasteiger partial charge in [-0.3, -0.25) is 0 Å². The van der Waals surface area contributed by atoms with Gasteiger partial charge in [-0.2, -0.15) is 0 Å². The van der Waals surface area contributed by atoms with E-state index in [0.29, 0.717) is 0 Å². The molecule has 1 unspecified atom stereocenters. The molecule has 36 heavy (non-hydrogen) atoms. The molecule has 0 spiro atoms. The van der Waals surface area contributed by atoms with E-state index in [1.165, 1.54) is 38.9 Å². The molecule has 0 bridgehead atoms. The van der Waals surface area contributed by atoms with Crippen LogP contribution in [-0.2, 0) is 4.52 Å². The summed E-state index contributed by atoms with van der Waals surface area (Å²) in [5.74, 6) is -0.234. The molecule has 0 amide bonds. The Balaban J connectivity index is 0.00000130. The van der Waals surface area contributed by atoms with E-state index in [1.807, 2.05) is 26.0 Å². The van der Waals surface area contributed by atoms with Crippen LogP contribution in [0.1, 0.15) is 38.4 Å². The molecular weight excluding hydrogens is 462 g/mol. The van der Waals surface area contributed by atoms with Gasteiger partial charge in [0.05, 0.1) is 0 Å². The first kappa shape index (κ1) is 24.4. The molecule has 182 valence electrons. The summed E-state index contributed by atoms with van der Waals surface area (Å²) in [6.45, 7) is 0.437. The summed E-state index contributed by atoms with van der Waals surface area (Å²) in [7, 11) is 0. The first-order valence-corrected chi connectivity index (χ1v) is 14.9. The van der Waals surface area contributed by atoms with Crippen LogP contribution in [-0.4, -0.2) is 0 Å². The van der Waals surface area contributed by atoms with E-state index in [0.717, 1.165) is 18.4 Å². The standard InChI is InChI=1S/C31H26FOP.C2H6/c32-25-22-20-24(21-23-25)31-29-18-10-11-19-30(29)34(33-31,26-12-4-1-5-13-26,27-14-6-2-7-15-27)28-16-8-3-9-17-28;1-2/h1-9,12-23,31H,10-11H2;1-2H3. The van der Waals surface area contributed by atoms with E-state index in [-0.39, 0.29) is 11.9 Å². The zero-order chi connectivity index (χ0) is 25.0. The molecular formula is C33H32FOP. The van der Waals surface area contributed by atoms with Gasteiger partial charge < -0.3 is 0 Å². The van der Waals surface area contributed by atoms with Gasteiger partial charge >= 0.3 is 200 Å². The van der Waals surface area contributed by atoms with Crippen molar-refractivity contribution in [2.45, 2.75) is 32.8 Å². The van der Waals surface area contributed by atoms with Crippen molar-refractivity contribution in [2.75, 3.05) is 0 Å². The summed E-state index contributed by atoms with van der Waals surface area (Å²) in [5, 5.41) is 4.86. The predicted octanol–water partition coefficient (Wildman–Crippen LogP) is 7.97. The van der Waals surface area contributed by atoms with Gasteiger partial charge in [0.1, 0.15) is 0 Å². The molecule has 0 radical (unpaired) electrons. The quantitative estimate of drug-likeness (QED) is 0.261. The van der Waals surface area contributed by atoms with Crippen molar-refractivity contribution in [1.82, 2.24) is 0 Å². The van der Waals surface area contributed by atoms with Crippen LogP contribution in [0.15, 0.2) is 138 Å². The summed E-state index contributed by atoms with van der Waals surface area (Å²) in [6, 6.07) is 39.0. The van der Waals surface area contributed by atoms with Gasteiger partial charge in [-0.15, -0.1) is 0 Å². The minimum absolute atomic E-state index is 0.234. The second-order valence-electron chi connectivity index (χ2n) is 8.91. The first-order chi connectivity index (χ1) is 17.7. The molecule has 1 atom stereocenters. The van der Waals surface area contributed by atoms with E-state index in [2.05, 4.69) is 103 Å². The van der Waals surface area contributed by atoms with Crippen molar-refractivity contribution in [3.8, 4) is 0 Å². The Morgan fingerprint density at radius 1 is 0.611 bits per heavy atom. The molecule has 2 aliphatic rings. The fourth-order valence-electron chi connectivity index (χ4n) is 5.73. The molecule has 0 N–H and O–H groups in total. The normalized spacial score (nSPS) is 20.4. The number of hydrogen-bond donors (Lipinski definition) is 0. The van der Waals surface area contributed by atoms with Gasteiger partial charge in [0.25, 0.3) is 0 Å². The van der Waals surface area contributed by atoms with Crippen LogP contribution in [0.25, 0.3) is 0 Å². The Bertz CT molecular complexity index is 1280. The second-order valence-corrected chi connectivity index (χ2v) is 13.2. The maximum absolute atomic E-state index is 13.9. The first-order valence-electron chi connectivity index (χ1n) is 12.8. The van der Waals surface area contributed by atoms with Gasteiger partial charge in [-0.1, -0.05) is 13.8 Å². The van der Waals surface area contributed by atoms with Crippen molar-refractivity contribution in [3.05, 3.63) is 150 Å². The molecule has 3 heteroatoms. The molecule has 4 aromatic carbocycles. The molecule has 1 aliphatic heterocycles. The Labute approximate surface area is 214 Å². The molecule has 4 aromatic rings. The summed E-state index contributed by atoms with van der Waals surface area (Å²) in [4.78, 5) is 0. The number of halogens is 1. The van der Waals surface area contributed by atoms with Crippen LogP contribution in [0.2, 0.25) is 0 Å². The van der Waals surface area contributed by atoms with E-state index in [1.54, 1.807) is 0 Å². The third-order valence-corrected chi connectivity index (χ3v) is 13.0. The average Bonchev–Trinajstić information content (AvgIpc) is 3.30. The number of fused-ring (bicyclic) bond motifs is 1. The zero-order valence-electron chi connectivity index (χ0n) is 20.8. The van der Waals surface area contributed by atoms with Crippen molar-refractivity contribution < 1.29 is 8.91 Å². The number of rotatable bonds is 4. The van der Waals surface area contributed by atoms with Crippen molar-refractivity contribution in [1.29, 1.82) is 0 Å². The summed E-state index contributed by atoms with van der Waals surface area (Å²) >= 11 is 0. The van der Waals surface area contributed by atoms with Gasteiger partial charge in [0.15, 0.2) is 0 Å². The van der Waals surface area contributed by atoms with E-state index in [4.69, 9.17) is 4.52 Å². The van der Waals surface area contributed by atoms with Gasteiger partial charge in [0, 0.05) is 0 Å². The number of benzene rings is 4. The molecule has 0 aromatic heterocycles. The molecule has 1 fully saturated rings. The summed E-state index contributed by atoms with van der Waals surface area (Å²) < 4.78 is 21.5. The van der Waals surface area contributed by atoms with E-state index >= 15 is 0 Å². The van der Waals surface area contributed by atoms with Gasteiger partial charge in [-0.25, -0.2) is 0 Å². The van der Waals surface area contributed by atoms with Crippen LogP contribution in [0.3, 0.4) is 0 Å². The fraction of sp³-hybridized carbons (Fsp3) is 0.152. The van der Waals surface area contributed by atoms with Gasteiger partial charge in [0.2, 0.25) is 0 Å². The van der Waals surface area contributed by atoms with Crippen LogP contribution in [0.5, 0.6) is 0 Å². The Morgan fingerprint density at radius 3 is 1.53 bits per heavy atom. The number of hydrogen-bond acceptors (Lipinski definition) is 1. The number of allylic oxidation sites excluding steroid dienone is 2. The van der Waals surface area contributed by atoms with Crippen LogP contribution in [0.4, 0.5) is 4.39 Å². The Morgan fingerprint density at radius 2 is 1.06 bits per heavy atom. The summed E-state index contributed by atoms with van der Waals surface area (Å²) in [5.41, 5.74) is 2.20. The molecule has 6 rings (SSSR count). The Hall–Kier alpha value is -3.32. The van der Waals surface area contributed by atoms with Crippen LogP contribution >= 0.6 is 6.83 Å².